The van der Waals surface area contributed by atoms with Crippen LogP contribution in [0.4, 0.5) is 0 Å². The second kappa shape index (κ2) is 3.64. The lowest BCUT2D eigenvalue weighted by molar-refractivity contribution is 0.625. The van der Waals surface area contributed by atoms with E-state index in [0.717, 1.165) is 0 Å². The van der Waals surface area contributed by atoms with Crippen LogP contribution in [0.25, 0.3) is 0 Å². The molecule has 0 aromatic heterocycles. The molecular weight excluding hydrogens is 248 g/mol. The van der Waals surface area contributed by atoms with E-state index >= 15 is 0 Å². The van der Waals surface area contributed by atoms with Crippen molar-refractivity contribution in [1.82, 2.24) is 7.79 Å². The first-order chi connectivity index (χ1) is 6.43. The highest BCUT2D eigenvalue weighted by atomic mass is 28.6. The predicted octanol–water partition coefficient (Wildman–Crippen LogP) is 3.09. The van der Waals surface area contributed by atoms with Gasteiger partial charge in [-0.15, -0.1) is 0 Å². The van der Waals surface area contributed by atoms with E-state index < -0.39 is 25.0 Å². The number of hydrogen-bond donors (Lipinski definition) is 0. The molecule has 1 rings (SSSR count). The summed E-state index contributed by atoms with van der Waals surface area (Å²) in [6, 6.07) is 0. The molecule has 0 saturated carbocycles. The largest absolute Gasteiger partial charge is 0.346 e. The van der Waals surface area contributed by atoms with E-state index in [1.54, 1.807) is 0 Å². The van der Waals surface area contributed by atoms with E-state index in [0.29, 0.717) is 0 Å². The molecular formula is C9H27N2Si4. The SMILES string of the molecule is C[Si](C)N1[Si](C)(C)N([Si](C)(C)C)[Si]1(C)C. The van der Waals surface area contributed by atoms with Crippen LogP contribution >= 0.6 is 0 Å². The monoisotopic (exact) mass is 275 g/mol. The maximum atomic E-state index is 3.05. The van der Waals surface area contributed by atoms with Crippen LogP contribution in [0.1, 0.15) is 0 Å². The molecule has 0 amide bonds. The molecule has 1 aliphatic heterocycles. The first-order valence-corrected chi connectivity index (χ1v) is 17.5. The summed E-state index contributed by atoms with van der Waals surface area (Å²) in [4.78, 5) is 0. The van der Waals surface area contributed by atoms with Gasteiger partial charge in [0.15, 0.2) is 16.8 Å². The Hall–Kier alpha value is 0.788. The molecule has 0 atom stereocenters. The lowest BCUT2D eigenvalue weighted by atomic mass is 11.8. The fourth-order valence-corrected chi connectivity index (χ4v) is 40.8. The molecule has 0 N–H and O–H groups in total. The van der Waals surface area contributed by atoms with Gasteiger partial charge in [-0.1, -0.05) is 32.7 Å². The first-order valence-electron chi connectivity index (χ1n) is 5.84. The summed E-state index contributed by atoms with van der Waals surface area (Å²) < 4.78 is 6.05. The predicted molar refractivity (Wildman–Crippen MR) is 79.5 cm³/mol. The van der Waals surface area contributed by atoms with Gasteiger partial charge in [-0.25, -0.2) is 0 Å². The Morgan fingerprint density at radius 1 is 0.867 bits per heavy atom. The third kappa shape index (κ3) is 2.00. The summed E-state index contributed by atoms with van der Waals surface area (Å²) in [7, 11) is -3.76. The van der Waals surface area contributed by atoms with Crippen molar-refractivity contribution >= 4 is 34.0 Å². The Balaban J connectivity index is 3.05. The first kappa shape index (κ1) is 13.9. The standard InChI is InChI=1S/C9H27N2Si4/c1-12(2)10-14(6,7)11(13(3,4)5)15(10,8)9/h1-9H3. The maximum Gasteiger partial charge on any atom is 0.175 e. The van der Waals surface area contributed by atoms with Crippen molar-refractivity contribution in [2.75, 3.05) is 0 Å². The van der Waals surface area contributed by atoms with E-state index in [1.807, 2.05) is 0 Å². The minimum Gasteiger partial charge on any atom is -0.346 e. The molecule has 89 valence electrons. The van der Waals surface area contributed by atoms with Gasteiger partial charge in [-0.05, 0) is 26.2 Å². The second-order valence-corrected chi connectivity index (χ2v) is 24.4. The van der Waals surface area contributed by atoms with Crippen molar-refractivity contribution in [1.29, 1.82) is 0 Å². The molecule has 1 heterocycles. The Labute approximate surface area is 101 Å². The third-order valence-electron chi connectivity index (χ3n) is 3.31. The highest BCUT2D eigenvalue weighted by molar-refractivity contribution is 7.17. The molecule has 2 nitrogen and oxygen atoms in total. The van der Waals surface area contributed by atoms with Crippen molar-refractivity contribution in [3.63, 3.8) is 0 Å². The van der Waals surface area contributed by atoms with Crippen molar-refractivity contribution in [2.24, 2.45) is 0 Å². The summed E-state index contributed by atoms with van der Waals surface area (Å²) in [6.45, 7) is 22.7. The molecule has 1 radical (unpaired) electrons. The van der Waals surface area contributed by atoms with Crippen LogP contribution in [0, 0.1) is 0 Å². The van der Waals surface area contributed by atoms with Crippen molar-refractivity contribution in [2.45, 2.75) is 58.9 Å². The Morgan fingerprint density at radius 2 is 1.20 bits per heavy atom. The van der Waals surface area contributed by atoms with Crippen LogP contribution in [0.15, 0.2) is 0 Å². The average molecular weight is 276 g/mol. The molecule has 0 unspecified atom stereocenters. The minimum atomic E-state index is -1.21. The minimum absolute atomic E-state index is 0.244. The van der Waals surface area contributed by atoms with Gasteiger partial charge in [-0.2, -0.15) is 0 Å². The zero-order valence-corrected chi connectivity index (χ0v) is 15.9. The molecule has 15 heavy (non-hydrogen) atoms. The van der Waals surface area contributed by atoms with Crippen LogP contribution in [0.5, 0.6) is 0 Å². The summed E-state index contributed by atoms with van der Waals surface area (Å²) in [5, 5.41) is 0. The summed E-state index contributed by atoms with van der Waals surface area (Å²) >= 11 is 0. The lowest BCUT2D eigenvalue weighted by Crippen LogP contribution is -2.95. The van der Waals surface area contributed by atoms with E-state index in [9.17, 15) is 0 Å². The van der Waals surface area contributed by atoms with Crippen LogP contribution in [-0.4, -0.2) is 41.8 Å². The van der Waals surface area contributed by atoms with Crippen molar-refractivity contribution in [3.05, 3.63) is 0 Å². The van der Waals surface area contributed by atoms with Gasteiger partial charge in [0.2, 0.25) is 0 Å². The Kier molecular flexibility index (Phi) is 3.36. The summed E-state index contributed by atoms with van der Waals surface area (Å²) in [5.41, 5.74) is 0. The molecule has 1 fully saturated rings. The van der Waals surface area contributed by atoms with Crippen LogP contribution < -0.4 is 0 Å². The van der Waals surface area contributed by atoms with Gasteiger partial charge < -0.3 is 7.79 Å². The maximum absolute atomic E-state index is 3.05. The average Bonchev–Trinajstić information content (AvgIpc) is 1.73. The number of nitrogens with zero attached hydrogens (tertiary/aromatic N) is 2. The Bertz CT molecular complexity index is 241. The van der Waals surface area contributed by atoms with Gasteiger partial charge in [-0.3, -0.25) is 0 Å². The van der Waals surface area contributed by atoms with Crippen molar-refractivity contribution < 1.29 is 0 Å². The second-order valence-electron chi connectivity index (χ2n) is 6.78. The van der Waals surface area contributed by atoms with Gasteiger partial charge >= 0.3 is 0 Å². The van der Waals surface area contributed by atoms with E-state index in [1.165, 1.54) is 0 Å². The lowest BCUT2D eigenvalue weighted by Gasteiger charge is -2.73. The highest BCUT2D eigenvalue weighted by Gasteiger charge is 2.64. The highest BCUT2D eigenvalue weighted by Crippen LogP contribution is 2.42. The molecule has 1 aliphatic rings. The fraction of sp³-hybridized carbons (Fsp3) is 1.00. The molecule has 0 aliphatic carbocycles. The van der Waals surface area contributed by atoms with Gasteiger partial charge in [0.1, 0.15) is 17.2 Å². The van der Waals surface area contributed by atoms with Crippen molar-refractivity contribution in [3.8, 4) is 0 Å². The Morgan fingerprint density at radius 3 is 1.40 bits per heavy atom. The van der Waals surface area contributed by atoms with Crippen LogP contribution in [-0.2, 0) is 0 Å². The smallest absolute Gasteiger partial charge is 0.175 e. The third-order valence-corrected chi connectivity index (χ3v) is 29.8. The molecule has 0 spiro atoms. The van der Waals surface area contributed by atoms with Crippen LogP contribution in [0.2, 0.25) is 58.9 Å². The van der Waals surface area contributed by atoms with Gasteiger partial charge in [0.05, 0.1) is 0 Å². The molecule has 0 aromatic rings. The molecule has 0 aromatic carbocycles. The van der Waals surface area contributed by atoms with E-state index in [2.05, 4.69) is 66.7 Å². The summed E-state index contributed by atoms with van der Waals surface area (Å²) in [6.07, 6.45) is 0. The van der Waals surface area contributed by atoms with Crippen LogP contribution in [0.3, 0.4) is 0 Å². The zero-order valence-electron chi connectivity index (χ0n) is 11.9. The number of hydrogen-bond acceptors (Lipinski definition) is 2. The topological polar surface area (TPSA) is 6.48 Å². The normalized spacial score (nSPS) is 26.8. The number of rotatable bonds is 2. The zero-order chi connectivity index (χ0) is 12.2. The van der Waals surface area contributed by atoms with E-state index in [4.69, 9.17) is 0 Å². The molecule has 1 saturated heterocycles. The molecule has 6 heteroatoms. The van der Waals surface area contributed by atoms with Gasteiger partial charge in [0.25, 0.3) is 0 Å². The molecule has 0 bridgehead atoms. The summed E-state index contributed by atoms with van der Waals surface area (Å²) in [5.74, 6) is 0. The van der Waals surface area contributed by atoms with E-state index in [-0.39, 0.29) is 8.96 Å². The quantitative estimate of drug-likeness (QED) is 0.715. The fourth-order valence-electron chi connectivity index (χ4n) is 4.23. The van der Waals surface area contributed by atoms with Gasteiger partial charge in [0, 0.05) is 0 Å².